The van der Waals surface area contributed by atoms with Gasteiger partial charge in [0.15, 0.2) is 0 Å². The first-order valence-corrected chi connectivity index (χ1v) is 45.9. The molecular formula is C88H168Br4N6O31. The molecule has 5 aliphatic rings. The highest BCUT2D eigenvalue weighted by Crippen LogP contribution is 2.16. The number of carboxylic acids is 5. The number of carbonyl (C=O) groups excluding carboxylic acids is 1. The molecular weight excluding hydrogens is 1960 g/mol. The standard InChI is InChI=1S/C13H26BrNO5.4C13H23NO3.C8H17Br2NO3.C4H8O.5C2H4O2.CH4.BrH/c1-13(2,3)20-12(16)15-5-7-18-9-11-19-10-8-17-6-4-14;4*14-6-8-16-10-12-17-11-9-15-7-5-13-3-1-2-4-13;9-1-3-12-5-7-14-8-6-13-4-2-11-10;1-2-4-5-3-1;5*1-2(3)4;;/h4-11H2,1-3H3,(H,15,16);2*1,3-4H,2,5-12,14H2;2*1-3H,4-12,14H2;11H,1-8H2;1-4H2;5*1H3,(H,3,4);1H4;1H. The van der Waals surface area contributed by atoms with E-state index in [1.54, 1.807) is 0 Å². The van der Waals surface area contributed by atoms with Crippen molar-refractivity contribution in [2.75, 3.05) is 301 Å². The van der Waals surface area contributed by atoms with E-state index in [-0.39, 0.29) is 24.4 Å². The van der Waals surface area contributed by atoms with Gasteiger partial charge < -0.3 is 149 Å². The van der Waals surface area contributed by atoms with E-state index < -0.39 is 41.5 Å². The Morgan fingerprint density at radius 2 is 0.597 bits per heavy atom. The van der Waals surface area contributed by atoms with E-state index in [4.69, 9.17) is 167 Å². The third-order valence-electron chi connectivity index (χ3n) is 13.6. The maximum absolute atomic E-state index is 11.3. The molecule has 1 heterocycles. The van der Waals surface area contributed by atoms with Gasteiger partial charge in [-0.2, -0.15) is 0 Å². The molecule has 41 heteroatoms. The van der Waals surface area contributed by atoms with Crippen LogP contribution in [0.3, 0.4) is 0 Å². The van der Waals surface area contributed by atoms with Crippen LogP contribution >= 0.6 is 65.0 Å². The lowest BCUT2D eigenvalue weighted by Gasteiger charge is -2.19. The highest BCUT2D eigenvalue weighted by atomic mass is 79.9. The maximum Gasteiger partial charge on any atom is 0.407 e. The highest BCUT2D eigenvalue weighted by Gasteiger charge is 2.15. The number of carbonyl (C=O) groups is 6. The Bertz CT molecular complexity index is 2430. The Morgan fingerprint density at radius 1 is 0.364 bits per heavy atom. The highest BCUT2D eigenvalue weighted by molar-refractivity contribution is 9.09. The average Bonchev–Trinajstić information content (AvgIpc) is 1.62. The molecule has 15 N–H and O–H groups in total. The number of nitrogens with two attached hydrogens (primary N) is 4. The van der Waals surface area contributed by atoms with Crippen LogP contribution < -0.4 is 32.6 Å². The first kappa shape index (κ1) is 142. The van der Waals surface area contributed by atoms with E-state index in [0.29, 0.717) is 238 Å². The number of amides is 1. The van der Waals surface area contributed by atoms with Gasteiger partial charge in [0.1, 0.15) is 5.60 Å². The molecule has 4 aliphatic carbocycles. The second-order valence-corrected chi connectivity index (χ2v) is 28.7. The largest absolute Gasteiger partial charge is 0.481 e. The summed E-state index contributed by atoms with van der Waals surface area (Å²) < 4.78 is 108. The van der Waals surface area contributed by atoms with Crippen molar-refractivity contribution in [2.45, 2.75) is 133 Å². The smallest absolute Gasteiger partial charge is 0.407 e. The summed E-state index contributed by atoms with van der Waals surface area (Å²) in [5, 5.41) is 41.4. The third kappa shape index (κ3) is 164. The molecule has 5 rings (SSSR count). The number of allylic oxidation sites excluding steroid dienone is 12. The van der Waals surface area contributed by atoms with Crippen LogP contribution in [-0.2, 0) is 119 Å². The Morgan fingerprint density at radius 3 is 0.798 bits per heavy atom. The van der Waals surface area contributed by atoms with Gasteiger partial charge >= 0.3 is 6.09 Å². The average molecular weight is 2130 g/mol. The van der Waals surface area contributed by atoms with Crippen molar-refractivity contribution in [2.24, 2.45) is 22.9 Å². The van der Waals surface area contributed by atoms with Gasteiger partial charge in [0.25, 0.3) is 29.8 Å². The number of aliphatic carboxylic acids is 5. The molecule has 0 saturated carbocycles. The fraction of sp³-hybridized carbons (Fsp3) is 0.750. The molecule has 0 spiro atoms. The molecule has 764 valence electrons. The minimum atomic E-state index is -0.833. The Kier molecular flexibility index (Phi) is 139. The maximum atomic E-state index is 11.3. The summed E-state index contributed by atoms with van der Waals surface area (Å²) in [6.07, 6.45) is 36.4. The molecule has 0 aromatic heterocycles. The summed E-state index contributed by atoms with van der Waals surface area (Å²) in [4.78, 5) is 56.3. The second-order valence-electron chi connectivity index (χ2n) is 26.5. The predicted molar refractivity (Wildman–Crippen MR) is 519 cm³/mol. The molecule has 37 nitrogen and oxygen atoms in total. The quantitative estimate of drug-likeness (QED) is 0.0153. The molecule has 129 heavy (non-hydrogen) atoms. The van der Waals surface area contributed by atoms with Crippen molar-refractivity contribution in [3.05, 3.63) is 95.2 Å². The predicted octanol–water partition coefficient (Wildman–Crippen LogP) is 10.8. The van der Waals surface area contributed by atoms with Crippen molar-refractivity contribution >= 4 is 101 Å². The molecule has 0 aromatic carbocycles. The summed E-state index contributed by atoms with van der Waals surface area (Å²) in [7, 11) is 0. The Balaban J connectivity index is -0.000000181. The zero-order valence-electron chi connectivity index (χ0n) is 77.7. The number of ether oxygens (including phenoxy) is 20. The van der Waals surface area contributed by atoms with Crippen molar-refractivity contribution in [3.63, 3.8) is 0 Å². The van der Waals surface area contributed by atoms with Crippen LogP contribution in [0.15, 0.2) is 95.2 Å². The van der Waals surface area contributed by atoms with Crippen LogP contribution in [0.5, 0.6) is 0 Å². The van der Waals surface area contributed by atoms with E-state index in [2.05, 4.69) is 131 Å². The van der Waals surface area contributed by atoms with Crippen molar-refractivity contribution in [3.8, 4) is 0 Å². The normalized spacial score (nSPS) is 12.4. The topological polar surface area (TPSA) is 516 Å². The fourth-order valence-electron chi connectivity index (χ4n) is 8.38. The molecule has 1 fully saturated rings. The van der Waals surface area contributed by atoms with E-state index in [9.17, 15) is 4.79 Å². The van der Waals surface area contributed by atoms with E-state index >= 15 is 0 Å². The van der Waals surface area contributed by atoms with E-state index in [1.165, 1.54) is 35.1 Å². The van der Waals surface area contributed by atoms with Gasteiger partial charge in [-0.3, -0.25) is 28.3 Å². The molecule has 1 saturated heterocycles. The number of hydrogen-bond acceptors (Lipinski definition) is 31. The Hall–Kier alpha value is -4.50. The number of hydrogen-bond donors (Lipinski definition) is 11. The molecule has 0 atom stereocenters. The summed E-state index contributed by atoms with van der Waals surface area (Å²) >= 11 is 9.63. The Labute approximate surface area is 806 Å². The monoisotopic (exact) mass is 2120 g/mol. The van der Waals surface area contributed by atoms with Gasteiger partial charge in [0, 0.05) is 114 Å². The second kappa shape index (κ2) is 126. The fourth-order valence-corrected chi connectivity index (χ4v) is 9.00. The summed E-state index contributed by atoms with van der Waals surface area (Å²) in [5.74, 6) is -4.17. The number of rotatable bonds is 66. The first-order chi connectivity index (χ1) is 61.3. The van der Waals surface area contributed by atoms with Crippen LogP contribution in [0.4, 0.5) is 4.79 Å². The van der Waals surface area contributed by atoms with Crippen LogP contribution in [0, 0.1) is 0 Å². The molecule has 0 unspecified atom stereocenters. The molecule has 0 aromatic rings. The third-order valence-corrected chi connectivity index (χ3v) is 14.7. The lowest BCUT2D eigenvalue weighted by molar-refractivity contribution is -0.135. The number of alkyl carbamates (subject to hydrolysis) is 1. The minimum Gasteiger partial charge on any atom is -0.481 e. The van der Waals surface area contributed by atoms with Gasteiger partial charge in [-0.25, -0.2) is 4.79 Å². The van der Waals surface area contributed by atoms with Gasteiger partial charge in [-0.1, -0.05) is 123 Å². The molecule has 0 radical (unpaired) electrons. The number of nitrogens with one attached hydrogen (secondary N) is 2. The zero-order chi connectivity index (χ0) is 95.9. The lowest BCUT2D eigenvalue weighted by atomic mass is 10.2. The summed E-state index contributed by atoms with van der Waals surface area (Å²) in [5.41, 5.74) is 26.3. The lowest BCUT2D eigenvalue weighted by Crippen LogP contribution is -2.34. The minimum absolute atomic E-state index is 0. The van der Waals surface area contributed by atoms with E-state index in [0.717, 1.165) is 149 Å². The summed E-state index contributed by atoms with van der Waals surface area (Å²) in [6.45, 7) is 39.1. The molecule has 0 bridgehead atoms. The van der Waals surface area contributed by atoms with Crippen molar-refractivity contribution < 1.29 is 149 Å². The molecule has 1 amide bonds. The SMILES string of the molecule is Br.BrCCOCCOCCOCCNBr.C.C1CCOC1.CC(=O)O.CC(=O)O.CC(=O)O.CC(=O)O.CC(=O)O.CC(C)(C)OC(=O)NCCOCCOCCOCCBr.NCCOCCOCCOCCC1=CC=CC1.NCCOCCOCCOCCC1=CC=CC1.NCCOCCOCCOCCC1=CCC=C1.NCCOCCOCCOCCC1=CCC=C1. The van der Waals surface area contributed by atoms with Crippen molar-refractivity contribution in [1.82, 2.24) is 9.66 Å². The van der Waals surface area contributed by atoms with Gasteiger partial charge in [0.05, 0.1) is 238 Å². The van der Waals surface area contributed by atoms with Crippen LogP contribution in [0.2, 0.25) is 0 Å². The van der Waals surface area contributed by atoms with Gasteiger partial charge in [-0.05, 0) is 96.1 Å². The van der Waals surface area contributed by atoms with Crippen molar-refractivity contribution in [1.29, 1.82) is 0 Å². The van der Waals surface area contributed by atoms with E-state index in [1.807, 2.05) is 20.8 Å². The number of halogens is 4. The number of carboxylic acid groups (broad SMARTS) is 5. The van der Waals surface area contributed by atoms with Crippen LogP contribution in [0.1, 0.15) is 127 Å². The summed E-state index contributed by atoms with van der Waals surface area (Å²) in [6, 6.07) is 0. The van der Waals surface area contributed by atoms with Crippen LogP contribution in [0.25, 0.3) is 0 Å². The first-order valence-electron chi connectivity index (χ1n) is 42.8. The van der Waals surface area contributed by atoms with Crippen LogP contribution in [-0.4, -0.2) is 368 Å². The molecule has 1 aliphatic heterocycles. The van der Waals surface area contributed by atoms with Gasteiger partial charge in [0.2, 0.25) is 0 Å². The zero-order valence-corrected chi connectivity index (χ0v) is 84.2. The van der Waals surface area contributed by atoms with Gasteiger partial charge in [-0.15, -0.1) is 17.0 Å². The number of alkyl halides is 2.